The van der Waals surface area contributed by atoms with Crippen molar-refractivity contribution in [3.8, 4) is 0 Å². The molecule has 0 bridgehead atoms. The quantitative estimate of drug-likeness (QED) is 0.843. The van der Waals surface area contributed by atoms with Crippen molar-refractivity contribution >= 4 is 40.7 Å². The predicted molar refractivity (Wildman–Crippen MR) is 95.3 cm³/mol. The van der Waals surface area contributed by atoms with E-state index in [-0.39, 0.29) is 11.8 Å². The first kappa shape index (κ1) is 17.8. The van der Waals surface area contributed by atoms with Gasteiger partial charge >= 0.3 is 0 Å². The number of carbonyl (C=O) groups is 2. The highest BCUT2D eigenvalue weighted by atomic mass is 35.5. The van der Waals surface area contributed by atoms with Crippen molar-refractivity contribution in [2.24, 2.45) is 0 Å². The predicted octanol–water partition coefficient (Wildman–Crippen LogP) is 1.57. The van der Waals surface area contributed by atoms with Gasteiger partial charge in [-0.3, -0.25) is 9.59 Å². The van der Waals surface area contributed by atoms with E-state index in [2.05, 4.69) is 5.32 Å². The molecule has 0 saturated carbocycles. The Labute approximate surface area is 155 Å². The lowest BCUT2D eigenvalue weighted by molar-refractivity contribution is -0.895. The van der Waals surface area contributed by atoms with Gasteiger partial charge in [-0.2, -0.15) is 0 Å². The minimum Gasteiger partial charge on any atom is -0.459 e. The number of halogens is 2. The van der Waals surface area contributed by atoms with E-state index in [9.17, 15) is 9.59 Å². The largest absolute Gasteiger partial charge is 0.459 e. The molecule has 2 amide bonds. The third-order valence-electron chi connectivity index (χ3n) is 4.13. The Morgan fingerprint density at radius 3 is 2.40 bits per heavy atom. The van der Waals surface area contributed by atoms with Crippen LogP contribution in [0.25, 0.3) is 0 Å². The Morgan fingerprint density at radius 2 is 1.80 bits per heavy atom. The molecule has 2 heterocycles. The number of benzene rings is 1. The van der Waals surface area contributed by atoms with E-state index in [1.165, 1.54) is 6.26 Å². The van der Waals surface area contributed by atoms with Gasteiger partial charge in [-0.15, -0.1) is 0 Å². The summed E-state index contributed by atoms with van der Waals surface area (Å²) in [6.07, 6.45) is 1.49. The van der Waals surface area contributed by atoms with Crippen LogP contribution in [-0.2, 0) is 4.79 Å². The summed E-state index contributed by atoms with van der Waals surface area (Å²) in [5.41, 5.74) is 0.432. The molecular weight excluding hydrogens is 365 g/mol. The molecule has 0 spiro atoms. The summed E-state index contributed by atoms with van der Waals surface area (Å²) in [7, 11) is 0. The SMILES string of the molecule is O=C(C[NH+]1CCN(C(=O)c2ccco2)CC1)Nc1c(Cl)cccc1Cl. The van der Waals surface area contributed by atoms with Crippen LogP contribution in [0.4, 0.5) is 5.69 Å². The van der Waals surface area contributed by atoms with Crippen molar-refractivity contribution in [3.05, 3.63) is 52.4 Å². The molecule has 8 heteroatoms. The molecule has 0 unspecified atom stereocenters. The summed E-state index contributed by atoms with van der Waals surface area (Å²) in [4.78, 5) is 27.3. The van der Waals surface area contributed by atoms with Crippen molar-refractivity contribution in [1.29, 1.82) is 0 Å². The fraction of sp³-hybridized carbons (Fsp3) is 0.294. The lowest BCUT2D eigenvalue weighted by atomic mass is 10.2. The first-order chi connectivity index (χ1) is 12.0. The highest BCUT2D eigenvalue weighted by Crippen LogP contribution is 2.29. The monoisotopic (exact) mass is 382 g/mol. The zero-order chi connectivity index (χ0) is 17.8. The molecule has 0 radical (unpaired) electrons. The summed E-state index contributed by atoms with van der Waals surface area (Å²) in [5.74, 6) is 0.0710. The Hall–Kier alpha value is -2.02. The fourth-order valence-corrected chi connectivity index (χ4v) is 3.28. The average molecular weight is 383 g/mol. The smallest absolute Gasteiger partial charge is 0.289 e. The number of quaternary nitrogens is 1. The Morgan fingerprint density at radius 1 is 1.12 bits per heavy atom. The molecule has 1 aromatic heterocycles. The van der Waals surface area contributed by atoms with E-state index in [4.69, 9.17) is 27.6 Å². The topological polar surface area (TPSA) is 67.0 Å². The van der Waals surface area contributed by atoms with Gasteiger partial charge in [0.1, 0.15) is 0 Å². The van der Waals surface area contributed by atoms with Gasteiger partial charge in [0.2, 0.25) is 0 Å². The summed E-state index contributed by atoms with van der Waals surface area (Å²) < 4.78 is 5.14. The lowest BCUT2D eigenvalue weighted by Crippen LogP contribution is -3.15. The summed E-state index contributed by atoms with van der Waals surface area (Å²) in [5, 5.41) is 3.58. The Bertz CT molecular complexity index is 736. The zero-order valence-corrected chi connectivity index (χ0v) is 14.9. The number of anilines is 1. The van der Waals surface area contributed by atoms with Crippen LogP contribution in [-0.4, -0.2) is 49.4 Å². The highest BCUT2D eigenvalue weighted by Gasteiger charge is 2.27. The summed E-state index contributed by atoms with van der Waals surface area (Å²) in [6.45, 7) is 2.83. The number of carbonyl (C=O) groups excluding carboxylic acids is 2. The molecule has 1 aliphatic heterocycles. The number of para-hydroxylation sites is 1. The lowest BCUT2D eigenvalue weighted by Gasteiger charge is -2.31. The third kappa shape index (κ3) is 4.34. The molecule has 1 aliphatic rings. The third-order valence-corrected chi connectivity index (χ3v) is 4.76. The number of rotatable bonds is 4. The number of nitrogens with one attached hydrogen (secondary N) is 2. The van der Waals surface area contributed by atoms with E-state index in [1.54, 1.807) is 35.2 Å². The molecule has 0 aliphatic carbocycles. The Balaban J connectivity index is 1.50. The number of piperazine rings is 1. The maximum atomic E-state index is 12.2. The normalized spacial score (nSPS) is 15.2. The highest BCUT2D eigenvalue weighted by molar-refractivity contribution is 6.39. The van der Waals surface area contributed by atoms with Crippen molar-refractivity contribution in [2.75, 3.05) is 38.0 Å². The molecular formula is C17H18Cl2N3O3+. The van der Waals surface area contributed by atoms with Gasteiger partial charge in [-0.1, -0.05) is 29.3 Å². The molecule has 1 fully saturated rings. The van der Waals surface area contributed by atoms with E-state index in [0.29, 0.717) is 54.2 Å². The number of hydrogen-bond acceptors (Lipinski definition) is 3. The summed E-state index contributed by atoms with van der Waals surface area (Å²) in [6, 6.07) is 8.42. The molecule has 3 rings (SSSR count). The van der Waals surface area contributed by atoms with Crippen LogP contribution in [0.3, 0.4) is 0 Å². The van der Waals surface area contributed by atoms with Gasteiger partial charge in [0.15, 0.2) is 12.3 Å². The van der Waals surface area contributed by atoms with Crippen LogP contribution < -0.4 is 10.2 Å². The van der Waals surface area contributed by atoms with Crippen molar-refractivity contribution < 1.29 is 18.9 Å². The maximum absolute atomic E-state index is 12.2. The molecule has 132 valence electrons. The Kier molecular flexibility index (Phi) is 5.63. The van der Waals surface area contributed by atoms with Crippen molar-refractivity contribution in [3.63, 3.8) is 0 Å². The van der Waals surface area contributed by atoms with Crippen LogP contribution in [0.1, 0.15) is 10.6 Å². The van der Waals surface area contributed by atoms with Crippen LogP contribution in [0, 0.1) is 0 Å². The van der Waals surface area contributed by atoms with E-state index in [1.807, 2.05) is 0 Å². The van der Waals surface area contributed by atoms with Gasteiger partial charge in [0.25, 0.3) is 11.8 Å². The molecule has 1 saturated heterocycles. The van der Waals surface area contributed by atoms with Crippen LogP contribution in [0.5, 0.6) is 0 Å². The molecule has 25 heavy (non-hydrogen) atoms. The van der Waals surface area contributed by atoms with Crippen molar-refractivity contribution in [2.45, 2.75) is 0 Å². The van der Waals surface area contributed by atoms with Crippen LogP contribution in [0.15, 0.2) is 41.0 Å². The maximum Gasteiger partial charge on any atom is 0.289 e. The van der Waals surface area contributed by atoms with Gasteiger partial charge in [-0.05, 0) is 24.3 Å². The zero-order valence-electron chi connectivity index (χ0n) is 13.4. The molecule has 2 N–H and O–H groups in total. The van der Waals surface area contributed by atoms with Crippen molar-refractivity contribution in [1.82, 2.24) is 4.90 Å². The second-order valence-electron chi connectivity index (χ2n) is 5.84. The van der Waals surface area contributed by atoms with Gasteiger partial charge in [0.05, 0.1) is 48.2 Å². The van der Waals surface area contributed by atoms with Gasteiger partial charge in [0, 0.05) is 0 Å². The molecule has 1 aromatic carbocycles. The number of hydrogen-bond donors (Lipinski definition) is 2. The number of furan rings is 1. The molecule has 2 aromatic rings. The molecule has 6 nitrogen and oxygen atoms in total. The second-order valence-corrected chi connectivity index (χ2v) is 6.66. The van der Waals surface area contributed by atoms with E-state index < -0.39 is 0 Å². The first-order valence-electron chi connectivity index (χ1n) is 7.95. The minimum absolute atomic E-state index is 0.114. The second kappa shape index (κ2) is 7.91. The summed E-state index contributed by atoms with van der Waals surface area (Å²) >= 11 is 12.1. The first-order valence-corrected chi connectivity index (χ1v) is 8.70. The van der Waals surface area contributed by atoms with Crippen LogP contribution >= 0.6 is 23.2 Å². The van der Waals surface area contributed by atoms with Crippen LogP contribution in [0.2, 0.25) is 10.0 Å². The fourth-order valence-electron chi connectivity index (χ4n) is 2.79. The number of nitrogens with zero attached hydrogens (tertiary/aromatic N) is 1. The van der Waals surface area contributed by atoms with E-state index in [0.717, 1.165) is 4.90 Å². The minimum atomic E-state index is -0.157. The number of amides is 2. The van der Waals surface area contributed by atoms with Gasteiger partial charge in [-0.25, -0.2) is 0 Å². The van der Waals surface area contributed by atoms with Gasteiger partial charge < -0.3 is 19.5 Å². The molecule has 0 atom stereocenters. The standard InChI is InChI=1S/C17H17Cl2N3O3/c18-12-3-1-4-13(19)16(12)20-15(23)11-21-6-8-22(9-7-21)17(24)14-5-2-10-25-14/h1-5,10H,6-9,11H2,(H,20,23)/p+1. The van der Waals surface area contributed by atoms with E-state index >= 15 is 0 Å². The average Bonchev–Trinajstić information content (AvgIpc) is 3.13.